The van der Waals surface area contributed by atoms with E-state index in [1.165, 1.54) is 6.42 Å². The van der Waals surface area contributed by atoms with E-state index in [2.05, 4.69) is 47.4 Å². The molecule has 1 aromatic rings. The summed E-state index contributed by atoms with van der Waals surface area (Å²) >= 11 is 5.27. The summed E-state index contributed by atoms with van der Waals surface area (Å²) < 4.78 is 2.86. The molecule has 0 aliphatic rings. The van der Waals surface area contributed by atoms with Gasteiger partial charge >= 0.3 is 0 Å². The van der Waals surface area contributed by atoms with E-state index < -0.39 is 0 Å². The fourth-order valence-corrected chi connectivity index (χ4v) is 2.20. The third kappa shape index (κ3) is 3.92. The van der Waals surface area contributed by atoms with Gasteiger partial charge in [0.05, 0.1) is 0 Å². The molecule has 0 radical (unpaired) electrons. The molecule has 1 aromatic heterocycles. The van der Waals surface area contributed by atoms with E-state index >= 15 is 0 Å². The van der Waals surface area contributed by atoms with Crippen LogP contribution in [0.5, 0.6) is 0 Å². The lowest BCUT2D eigenvalue weighted by Gasteiger charge is -2.20. The van der Waals surface area contributed by atoms with Crippen molar-refractivity contribution in [1.29, 1.82) is 0 Å². The molecule has 0 saturated carbocycles. The van der Waals surface area contributed by atoms with Crippen molar-refractivity contribution in [3.63, 3.8) is 0 Å². The van der Waals surface area contributed by atoms with Gasteiger partial charge in [-0.05, 0) is 31.7 Å². The number of aromatic amines is 1. The molecule has 0 fully saturated rings. The number of rotatable bonds is 7. The number of H-pyrrole nitrogens is 1. The second-order valence-corrected chi connectivity index (χ2v) is 5.01. The number of likely N-dealkylation sites (N-methyl/N-ethyl adjacent to an activating group) is 1. The van der Waals surface area contributed by atoms with Crippen LogP contribution in [-0.4, -0.2) is 39.3 Å². The first kappa shape index (κ1) is 14.4. The van der Waals surface area contributed by atoms with Gasteiger partial charge in [0, 0.05) is 19.0 Å². The summed E-state index contributed by atoms with van der Waals surface area (Å²) in [4.78, 5) is 2.44. The number of nitrogens with zero attached hydrogens (tertiary/aromatic N) is 3. The van der Waals surface area contributed by atoms with Gasteiger partial charge in [0.25, 0.3) is 0 Å². The molecule has 98 valence electrons. The Labute approximate surface area is 109 Å². The van der Waals surface area contributed by atoms with Gasteiger partial charge < -0.3 is 9.47 Å². The van der Waals surface area contributed by atoms with Crippen molar-refractivity contribution in [3.8, 4) is 0 Å². The van der Waals surface area contributed by atoms with Crippen LogP contribution in [0.15, 0.2) is 0 Å². The smallest absolute Gasteiger partial charge is 0.195 e. The third-order valence-electron chi connectivity index (χ3n) is 2.93. The maximum Gasteiger partial charge on any atom is 0.195 e. The fraction of sp³-hybridized carbons (Fsp3) is 0.833. The van der Waals surface area contributed by atoms with E-state index in [0.717, 1.165) is 36.8 Å². The molecule has 5 heteroatoms. The number of hydrogen-bond donors (Lipinski definition) is 1. The molecule has 0 aromatic carbocycles. The van der Waals surface area contributed by atoms with Crippen molar-refractivity contribution in [2.24, 2.45) is 0 Å². The summed E-state index contributed by atoms with van der Waals surface area (Å²) in [7, 11) is 0. The summed E-state index contributed by atoms with van der Waals surface area (Å²) in [6.45, 7) is 12.9. The Kier molecular flexibility index (Phi) is 5.85. The zero-order chi connectivity index (χ0) is 12.8. The zero-order valence-electron chi connectivity index (χ0n) is 11.4. The van der Waals surface area contributed by atoms with Gasteiger partial charge in [-0.15, -0.1) is 0 Å². The maximum atomic E-state index is 5.27. The lowest BCUT2D eigenvalue weighted by atomic mass is 10.2. The standard InChI is InChI=1S/C12H24N4S/c1-5-7-15(6-2)8-9-16-11(10(3)4)13-14-12(16)17/h10H,5-9H2,1-4H3,(H,14,17). The summed E-state index contributed by atoms with van der Waals surface area (Å²) in [5, 5.41) is 7.18. The Morgan fingerprint density at radius 3 is 2.59 bits per heavy atom. The highest BCUT2D eigenvalue weighted by molar-refractivity contribution is 7.71. The monoisotopic (exact) mass is 256 g/mol. The van der Waals surface area contributed by atoms with E-state index in [1.807, 2.05) is 0 Å². The first-order chi connectivity index (χ1) is 8.10. The molecule has 0 bridgehead atoms. The van der Waals surface area contributed by atoms with Crippen molar-refractivity contribution in [2.75, 3.05) is 19.6 Å². The van der Waals surface area contributed by atoms with Crippen LogP contribution in [0.2, 0.25) is 0 Å². The average molecular weight is 256 g/mol. The minimum Gasteiger partial charge on any atom is -0.303 e. The topological polar surface area (TPSA) is 36.9 Å². The fourth-order valence-electron chi connectivity index (χ4n) is 1.97. The van der Waals surface area contributed by atoms with Gasteiger partial charge in [0.2, 0.25) is 0 Å². The molecule has 1 N–H and O–H groups in total. The molecule has 0 aliphatic carbocycles. The van der Waals surface area contributed by atoms with Crippen molar-refractivity contribution >= 4 is 12.2 Å². The minimum atomic E-state index is 0.407. The van der Waals surface area contributed by atoms with Gasteiger partial charge in [-0.1, -0.05) is 27.7 Å². The molecule has 0 aliphatic heterocycles. The van der Waals surface area contributed by atoms with Gasteiger partial charge in [0.1, 0.15) is 5.82 Å². The van der Waals surface area contributed by atoms with Crippen LogP contribution in [0.3, 0.4) is 0 Å². The molecule has 0 atom stereocenters. The predicted octanol–water partition coefficient (Wildman–Crippen LogP) is 2.80. The molecular formula is C12H24N4S. The first-order valence-corrected chi connectivity index (χ1v) is 6.88. The third-order valence-corrected chi connectivity index (χ3v) is 3.24. The van der Waals surface area contributed by atoms with Crippen molar-refractivity contribution in [3.05, 3.63) is 10.6 Å². The van der Waals surface area contributed by atoms with E-state index in [1.54, 1.807) is 0 Å². The highest BCUT2D eigenvalue weighted by Gasteiger charge is 2.10. The number of aromatic nitrogens is 3. The Hall–Kier alpha value is -0.680. The lowest BCUT2D eigenvalue weighted by molar-refractivity contribution is 0.274. The SMILES string of the molecule is CCCN(CC)CCn1c(C(C)C)n[nH]c1=S. The second-order valence-electron chi connectivity index (χ2n) is 4.63. The predicted molar refractivity (Wildman–Crippen MR) is 73.9 cm³/mol. The van der Waals surface area contributed by atoms with Crippen LogP contribution in [0.4, 0.5) is 0 Å². The second kappa shape index (κ2) is 6.91. The maximum absolute atomic E-state index is 5.27. The van der Waals surface area contributed by atoms with Crippen LogP contribution >= 0.6 is 12.2 Å². The Bertz CT molecular complexity index is 380. The number of hydrogen-bond acceptors (Lipinski definition) is 3. The van der Waals surface area contributed by atoms with Gasteiger partial charge in [0.15, 0.2) is 4.77 Å². The quantitative estimate of drug-likeness (QED) is 0.762. The number of nitrogens with one attached hydrogen (secondary N) is 1. The van der Waals surface area contributed by atoms with E-state index in [4.69, 9.17) is 12.2 Å². The highest BCUT2D eigenvalue weighted by Crippen LogP contribution is 2.11. The summed E-state index contributed by atoms with van der Waals surface area (Å²) in [5.41, 5.74) is 0. The highest BCUT2D eigenvalue weighted by atomic mass is 32.1. The molecule has 17 heavy (non-hydrogen) atoms. The van der Waals surface area contributed by atoms with Crippen molar-refractivity contribution in [2.45, 2.75) is 46.6 Å². The average Bonchev–Trinajstić information content (AvgIpc) is 2.66. The normalized spacial score (nSPS) is 11.6. The summed E-state index contributed by atoms with van der Waals surface area (Å²) in [6, 6.07) is 0. The molecule has 1 heterocycles. The van der Waals surface area contributed by atoms with Gasteiger partial charge in [-0.25, -0.2) is 0 Å². The molecular weight excluding hydrogens is 232 g/mol. The Morgan fingerprint density at radius 2 is 2.06 bits per heavy atom. The van der Waals surface area contributed by atoms with Crippen molar-refractivity contribution < 1.29 is 0 Å². The van der Waals surface area contributed by atoms with Crippen LogP contribution in [0.1, 0.15) is 45.9 Å². The summed E-state index contributed by atoms with van der Waals surface area (Å²) in [6.07, 6.45) is 1.20. The Morgan fingerprint density at radius 1 is 1.35 bits per heavy atom. The molecule has 0 saturated heterocycles. The summed E-state index contributed by atoms with van der Waals surface area (Å²) in [5.74, 6) is 1.46. The first-order valence-electron chi connectivity index (χ1n) is 6.47. The zero-order valence-corrected chi connectivity index (χ0v) is 12.2. The van der Waals surface area contributed by atoms with E-state index in [9.17, 15) is 0 Å². The van der Waals surface area contributed by atoms with Crippen molar-refractivity contribution in [1.82, 2.24) is 19.7 Å². The van der Waals surface area contributed by atoms with Gasteiger partial charge in [-0.3, -0.25) is 5.10 Å². The largest absolute Gasteiger partial charge is 0.303 e. The van der Waals surface area contributed by atoms with E-state index in [-0.39, 0.29) is 0 Å². The molecule has 0 spiro atoms. The van der Waals surface area contributed by atoms with Crippen LogP contribution in [0, 0.1) is 4.77 Å². The van der Waals surface area contributed by atoms with Crippen LogP contribution < -0.4 is 0 Å². The molecule has 0 unspecified atom stereocenters. The molecule has 4 nitrogen and oxygen atoms in total. The molecule has 1 rings (SSSR count). The van der Waals surface area contributed by atoms with Crippen LogP contribution in [-0.2, 0) is 6.54 Å². The molecule has 0 amide bonds. The Balaban J connectivity index is 2.67. The van der Waals surface area contributed by atoms with E-state index in [0.29, 0.717) is 5.92 Å². The minimum absolute atomic E-state index is 0.407. The van der Waals surface area contributed by atoms with Crippen LogP contribution in [0.25, 0.3) is 0 Å². The van der Waals surface area contributed by atoms with Gasteiger partial charge in [-0.2, -0.15) is 5.10 Å². The lowest BCUT2D eigenvalue weighted by Crippen LogP contribution is -2.28.